The number of hydrogen-bond donors (Lipinski definition) is 0. The number of nitrogens with zero attached hydrogens (tertiary/aromatic N) is 3. The van der Waals surface area contributed by atoms with Crippen LogP contribution in [0.1, 0.15) is 31.9 Å². The van der Waals surface area contributed by atoms with Crippen molar-refractivity contribution in [1.29, 1.82) is 0 Å². The molecule has 0 aliphatic carbocycles. The zero-order valence-electron chi connectivity index (χ0n) is 13.2. The molecule has 0 amide bonds. The smallest absolute Gasteiger partial charge is 0.332 e. The van der Waals surface area contributed by atoms with Gasteiger partial charge in [0.2, 0.25) is 0 Å². The van der Waals surface area contributed by atoms with Gasteiger partial charge in [0.15, 0.2) is 0 Å². The second kappa shape index (κ2) is 6.00. The van der Waals surface area contributed by atoms with Crippen molar-refractivity contribution in [3.8, 4) is 11.3 Å². The van der Waals surface area contributed by atoms with E-state index in [1.54, 1.807) is 6.33 Å². The van der Waals surface area contributed by atoms with Crippen LogP contribution in [-0.4, -0.2) is 33.6 Å². The highest BCUT2D eigenvalue weighted by Crippen LogP contribution is 2.31. The average molecular weight is 323 g/mol. The van der Waals surface area contributed by atoms with E-state index in [0.29, 0.717) is 23.3 Å². The van der Waals surface area contributed by atoms with Crippen LogP contribution in [0.5, 0.6) is 0 Å². The largest absolute Gasteiger partial charge is 0.416 e. The molecule has 1 fully saturated rings. The topological polar surface area (TPSA) is 21.1 Å². The zero-order chi connectivity index (χ0) is 16.6. The Morgan fingerprint density at radius 3 is 2.43 bits per heavy atom. The van der Waals surface area contributed by atoms with Crippen LogP contribution in [-0.2, 0) is 6.18 Å². The SMILES string of the molecule is CC(C)N1CC[C@@H](n2cnc(-c3ccc(C(F)(F)F)cc3)c2)C1. The van der Waals surface area contributed by atoms with E-state index >= 15 is 0 Å². The lowest BCUT2D eigenvalue weighted by molar-refractivity contribution is -0.137. The van der Waals surface area contributed by atoms with Crippen molar-refractivity contribution >= 4 is 0 Å². The third-order valence-corrected chi connectivity index (χ3v) is 4.46. The lowest BCUT2D eigenvalue weighted by Gasteiger charge is -2.20. The van der Waals surface area contributed by atoms with Crippen LogP contribution in [0.2, 0.25) is 0 Å². The van der Waals surface area contributed by atoms with E-state index < -0.39 is 11.7 Å². The second-order valence-electron chi connectivity index (χ2n) is 6.31. The minimum atomic E-state index is -4.30. The van der Waals surface area contributed by atoms with Crippen LogP contribution in [0, 0.1) is 0 Å². The Bertz CT molecular complexity index is 658. The molecule has 124 valence electrons. The predicted molar refractivity (Wildman–Crippen MR) is 83.0 cm³/mol. The zero-order valence-corrected chi connectivity index (χ0v) is 13.2. The molecule has 1 aromatic carbocycles. The monoisotopic (exact) mass is 323 g/mol. The molecule has 3 rings (SSSR count). The van der Waals surface area contributed by atoms with E-state index in [1.165, 1.54) is 12.1 Å². The Hall–Kier alpha value is -1.82. The summed E-state index contributed by atoms with van der Waals surface area (Å²) in [5, 5.41) is 0. The Labute approximate surface area is 133 Å². The number of aromatic nitrogens is 2. The molecule has 0 saturated carbocycles. The van der Waals surface area contributed by atoms with E-state index in [0.717, 1.165) is 31.6 Å². The third kappa shape index (κ3) is 3.42. The van der Waals surface area contributed by atoms with Gasteiger partial charge < -0.3 is 4.57 Å². The number of hydrogen-bond acceptors (Lipinski definition) is 2. The van der Waals surface area contributed by atoms with Gasteiger partial charge in [-0.05, 0) is 32.4 Å². The third-order valence-electron chi connectivity index (χ3n) is 4.46. The van der Waals surface area contributed by atoms with Gasteiger partial charge in [-0.3, -0.25) is 4.90 Å². The minimum absolute atomic E-state index is 0.382. The van der Waals surface area contributed by atoms with Gasteiger partial charge in [0.05, 0.1) is 17.6 Å². The second-order valence-corrected chi connectivity index (χ2v) is 6.31. The molecular formula is C17H20F3N3. The fourth-order valence-corrected chi connectivity index (χ4v) is 3.00. The standard InChI is InChI=1S/C17H20F3N3/c1-12(2)22-8-7-15(9-22)23-10-16(21-11-23)13-3-5-14(6-4-13)17(18,19)20/h3-6,10-12,15H,7-9H2,1-2H3/t15-/m1/s1. The maximum atomic E-state index is 12.6. The molecule has 1 aromatic heterocycles. The number of halogens is 3. The van der Waals surface area contributed by atoms with E-state index in [-0.39, 0.29) is 0 Å². The summed E-state index contributed by atoms with van der Waals surface area (Å²) in [6.07, 6.45) is 0.474. The number of likely N-dealkylation sites (tertiary alicyclic amines) is 1. The summed E-state index contributed by atoms with van der Waals surface area (Å²) in [4.78, 5) is 6.78. The maximum Gasteiger partial charge on any atom is 0.416 e. The molecule has 3 nitrogen and oxygen atoms in total. The molecule has 0 N–H and O–H groups in total. The van der Waals surface area contributed by atoms with Crippen molar-refractivity contribution in [3.05, 3.63) is 42.4 Å². The summed E-state index contributed by atoms with van der Waals surface area (Å²) in [7, 11) is 0. The van der Waals surface area contributed by atoms with Crippen molar-refractivity contribution in [2.75, 3.05) is 13.1 Å². The summed E-state index contributed by atoms with van der Waals surface area (Å²) in [5.41, 5.74) is 0.779. The normalized spacial score (nSPS) is 19.7. The van der Waals surface area contributed by atoms with Crippen LogP contribution in [0.3, 0.4) is 0 Å². The summed E-state index contributed by atoms with van der Waals surface area (Å²) >= 11 is 0. The van der Waals surface area contributed by atoms with Crippen LogP contribution < -0.4 is 0 Å². The average Bonchev–Trinajstić information content (AvgIpc) is 3.15. The van der Waals surface area contributed by atoms with Gasteiger partial charge in [0.1, 0.15) is 0 Å². The fourth-order valence-electron chi connectivity index (χ4n) is 3.00. The Kier molecular flexibility index (Phi) is 4.19. The lowest BCUT2D eigenvalue weighted by atomic mass is 10.1. The molecule has 1 aliphatic rings. The Balaban J connectivity index is 1.75. The van der Waals surface area contributed by atoms with Gasteiger partial charge >= 0.3 is 6.18 Å². The first-order chi connectivity index (χ1) is 10.8. The first kappa shape index (κ1) is 16.1. The molecule has 6 heteroatoms. The maximum absolute atomic E-state index is 12.6. The quantitative estimate of drug-likeness (QED) is 0.843. The molecule has 2 aromatic rings. The van der Waals surface area contributed by atoms with E-state index in [4.69, 9.17) is 0 Å². The minimum Gasteiger partial charge on any atom is -0.332 e. The molecule has 23 heavy (non-hydrogen) atoms. The number of imidazole rings is 1. The summed E-state index contributed by atoms with van der Waals surface area (Å²) < 4.78 is 39.9. The highest BCUT2D eigenvalue weighted by atomic mass is 19.4. The molecule has 1 atom stereocenters. The molecule has 0 spiro atoms. The molecule has 1 saturated heterocycles. The van der Waals surface area contributed by atoms with Gasteiger partial charge in [-0.15, -0.1) is 0 Å². The summed E-state index contributed by atoms with van der Waals surface area (Å²) in [6, 6.07) is 6.07. The van der Waals surface area contributed by atoms with E-state index in [2.05, 4.69) is 28.3 Å². The lowest BCUT2D eigenvalue weighted by Crippen LogP contribution is -2.28. The highest BCUT2D eigenvalue weighted by molar-refractivity contribution is 5.58. The highest BCUT2D eigenvalue weighted by Gasteiger charge is 2.30. The molecule has 2 heterocycles. The van der Waals surface area contributed by atoms with Crippen molar-refractivity contribution in [1.82, 2.24) is 14.5 Å². The van der Waals surface area contributed by atoms with Crippen LogP contribution in [0.15, 0.2) is 36.8 Å². The van der Waals surface area contributed by atoms with Crippen LogP contribution in [0.4, 0.5) is 13.2 Å². The molecule has 0 radical (unpaired) electrons. The van der Waals surface area contributed by atoms with Crippen LogP contribution >= 0.6 is 0 Å². The van der Waals surface area contributed by atoms with E-state index in [9.17, 15) is 13.2 Å². The van der Waals surface area contributed by atoms with Gasteiger partial charge in [-0.2, -0.15) is 13.2 Å². The van der Waals surface area contributed by atoms with Crippen molar-refractivity contribution in [2.45, 2.75) is 38.5 Å². The summed E-state index contributed by atoms with van der Waals surface area (Å²) in [6.45, 7) is 6.42. The van der Waals surface area contributed by atoms with Gasteiger partial charge in [0, 0.05) is 36.9 Å². The van der Waals surface area contributed by atoms with Gasteiger partial charge in [-0.1, -0.05) is 12.1 Å². The molecule has 0 bridgehead atoms. The Morgan fingerprint density at radius 2 is 1.87 bits per heavy atom. The first-order valence-electron chi connectivity index (χ1n) is 7.80. The first-order valence-corrected chi connectivity index (χ1v) is 7.80. The fraction of sp³-hybridized carbons (Fsp3) is 0.471. The van der Waals surface area contributed by atoms with Crippen LogP contribution in [0.25, 0.3) is 11.3 Å². The number of rotatable bonds is 3. The molecule has 0 unspecified atom stereocenters. The van der Waals surface area contributed by atoms with Gasteiger partial charge in [-0.25, -0.2) is 4.98 Å². The van der Waals surface area contributed by atoms with Crippen molar-refractivity contribution in [2.24, 2.45) is 0 Å². The molecular weight excluding hydrogens is 303 g/mol. The number of alkyl halides is 3. The van der Waals surface area contributed by atoms with Gasteiger partial charge in [0.25, 0.3) is 0 Å². The Morgan fingerprint density at radius 1 is 1.17 bits per heavy atom. The molecule has 1 aliphatic heterocycles. The van der Waals surface area contributed by atoms with Crippen molar-refractivity contribution in [3.63, 3.8) is 0 Å². The summed E-state index contributed by atoms with van der Waals surface area (Å²) in [5.74, 6) is 0. The predicted octanol–water partition coefficient (Wildman–Crippen LogP) is 4.22. The number of benzene rings is 1. The van der Waals surface area contributed by atoms with E-state index in [1.807, 2.05) is 6.20 Å². The van der Waals surface area contributed by atoms with Crippen molar-refractivity contribution < 1.29 is 13.2 Å².